The Hall–Kier alpha value is -3.44. The van der Waals surface area contributed by atoms with Gasteiger partial charge in [0, 0.05) is 54.9 Å². The minimum absolute atomic E-state index is 0.141. The standard InChI is InChI=1S/C25H25N5O2S/c1-29-22(15-20(28-29)18-8-9-18)27-24(32)21-16-33-25(26-21)19-11-13-30(14-12-19)23(31)10-7-17-5-3-2-4-6-17/h2-6,15-16,18-19H,8-9,11-14H2,1H3,(H,27,32). The number of amides is 2. The summed E-state index contributed by atoms with van der Waals surface area (Å²) in [5, 5.41) is 10.2. The van der Waals surface area contributed by atoms with Crippen LogP contribution in [0.3, 0.4) is 0 Å². The third kappa shape index (κ3) is 4.99. The van der Waals surface area contributed by atoms with Gasteiger partial charge in [0.05, 0.1) is 10.7 Å². The highest BCUT2D eigenvalue weighted by molar-refractivity contribution is 7.10. The van der Waals surface area contributed by atoms with Gasteiger partial charge in [-0.05, 0) is 37.8 Å². The van der Waals surface area contributed by atoms with Crippen molar-refractivity contribution in [2.75, 3.05) is 18.4 Å². The first-order valence-electron chi connectivity index (χ1n) is 11.2. The molecule has 0 unspecified atom stereocenters. The Balaban J connectivity index is 1.16. The number of anilines is 1. The molecule has 1 saturated heterocycles. The van der Waals surface area contributed by atoms with Crippen LogP contribution >= 0.6 is 11.3 Å². The van der Waals surface area contributed by atoms with Crippen LogP contribution in [0, 0.1) is 11.8 Å². The molecule has 0 radical (unpaired) electrons. The van der Waals surface area contributed by atoms with E-state index >= 15 is 0 Å². The van der Waals surface area contributed by atoms with E-state index in [1.165, 1.54) is 24.2 Å². The van der Waals surface area contributed by atoms with Gasteiger partial charge in [0.1, 0.15) is 11.5 Å². The van der Waals surface area contributed by atoms with Crippen LogP contribution in [0.4, 0.5) is 5.82 Å². The SMILES string of the molecule is Cn1nc(C2CC2)cc1NC(=O)c1csc(C2CCN(C(=O)C#Cc3ccccc3)CC2)n1. The number of thiazole rings is 1. The van der Waals surface area contributed by atoms with Gasteiger partial charge in [-0.1, -0.05) is 24.1 Å². The molecule has 2 fully saturated rings. The van der Waals surface area contributed by atoms with Crippen LogP contribution in [0.25, 0.3) is 0 Å². The fraction of sp³-hybridized carbons (Fsp3) is 0.360. The second-order valence-electron chi connectivity index (χ2n) is 8.56. The zero-order chi connectivity index (χ0) is 22.8. The van der Waals surface area contributed by atoms with Crippen molar-refractivity contribution >= 4 is 29.0 Å². The maximum Gasteiger partial charge on any atom is 0.298 e. The van der Waals surface area contributed by atoms with Crippen molar-refractivity contribution < 1.29 is 9.59 Å². The van der Waals surface area contributed by atoms with Crippen LogP contribution in [0.5, 0.6) is 0 Å². The van der Waals surface area contributed by atoms with E-state index in [0.717, 1.165) is 29.1 Å². The smallest absolute Gasteiger partial charge is 0.298 e. The number of nitrogens with zero attached hydrogens (tertiary/aromatic N) is 4. The fourth-order valence-corrected chi connectivity index (χ4v) is 4.97. The Bertz CT molecular complexity index is 1220. The molecule has 2 aliphatic rings. The third-order valence-corrected chi connectivity index (χ3v) is 7.12. The number of nitrogens with one attached hydrogen (secondary N) is 1. The Morgan fingerprint density at radius 3 is 2.58 bits per heavy atom. The van der Waals surface area contributed by atoms with E-state index in [9.17, 15) is 9.59 Å². The number of carbonyl (C=O) groups is 2. The highest BCUT2D eigenvalue weighted by Crippen LogP contribution is 2.40. The number of benzene rings is 1. The van der Waals surface area contributed by atoms with Crippen molar-refractivity contribution in [3.05, 3.63) is 63.7 Å². The summed E-state index contributed by atoms with van der Waals surface area (Å²) in [6.07, 6.45) is 3.98. The van der Waals surface area contributed by atoms with Crippen LogP contribution in [0.15, 0.2) is 41.8 Å². The van der Waals surface area contributed by atoms with Crippen molar-refractivity contribution in [3.8, 4) is 11.8 Å². The molecule has 5 rings (SSSR count). The lowest BCUT2D eigenvalue weighted by Gasteiger charge is -2.29. The highest BCUT2D eigenvalue weighted by Gasteiger charge is 2.28. The summed E-state index contributed by atoms with van der Waals surface area (Å²) in [6.45, 7) is 1.29. The fourth-order valence-electron chi connectivity index (χ4n) is 4.00. The van der Waals surface area contributed by atoms with Crippen LogP contribution in [0.2, 0.25) is 0 Å². The molecule has 0 spiro atoms. The van der Waals surface area contributed by atoms with Gasteiger partial charge in [0.15, 0.2) is 0 Å². The summed E-state index contributed by atoms with van der Waals surface area (Å²) in [5.74, 6) is 6.81. The summed E-state index contributed by atoms with van der Waals surface area (Å²) < 4.78 is 1.71. The van der Waals surface area contributed by atoms with Gasteiger partial charge in [0.2, 0.25) is 0 Å². The quantitative estimate of drug-likeness (QED) is 0.603. The molecule has 8 heteroatoms. The summed E-state index contributed by atoms with van der Waals surface area (Å²) in [6, 6.07) is 11.5. The molecular formula is C25H25N5O2S. The van der Waals surface area contributed by atoms with Crippen LogP contribution in [-0.4, -0.2) is 44.6 Å². The molecule has 0 atom stereocenters. The monoisotopic (exact) mass is 459 g/mol. The maximum absolute atomic E-state index is 12.7. The molecule has 1 N–H and O–H groups in total. The summed E-state index contributed by atoms with van der Waals surface area (Å²) >= 11 is 1.51. The number of hydrogen-bond donors (Lipinski definition) is 1. The van der Waals surface area contributed by atoms with E-state index in [1.54, 1.807) is 9.58 Å². The Labute approximate surface area is 196 Å². The summed E-state index contributed by atoms with van der Waals surface area (Å²) in [5.41, 5.74) is 2.31. The molecule has 2 aromatic heterocycles. The number of aromatic nitrogens is 3. The van der Waals surface area contributed by atoms with Crippen molar-refractivity contribution in [3.63, 3.8) is 0 Å². The van der Waals surface area contributed by atoms with E-state index in [2.05, 4.69) is 27.2 Å². The first-order valence-corrected chi connectivity index (χ1v) is 12.1. The third-order valence-electron chi connectivity index (χ3n) is 6.11. The Morgan fingerprint density at radius 2 is 1.85 bits per heavy atom. The number of hydrogen-bond acceptors (Lipinski definition) is 5. The van der Waals surface area contributed by atoms with E-state index in [4.69, 9.17) is 0 Å². The molecule has 33 heavy (non-hydrogen) atoms. The molecule has 3 aromatic rings. The predicted octanol–water partition coefficient (Wildman–Crippen LogP) is 3.76. The minimum atomic E-state index is -0.216. The van der Waals surface area contributed by atoms with Gasteiger partial charge >= 0.3 is 0 Å². The van der Waals surface area contributed by atoms with Crippen molar-refractivity contribution in [2.45, 2.75) is 37.5 Å². The minimum Gasteiger partial charge on any atom is -0.332 e. The molecule has 2 amide bonds. The average Bonchev–Trinajstić information content (AvgIpc) is 3.46. The van der Waals surface area contributed by atoms with Gasteiger partial charge in [-0.2, -0.15) is 5.10 Å². The lowest BCUT2D eigenvalue weighted by Crippen LogP contribution is -2.37. The number of likely N-dealkylation sites (tertiary alicyclic amines) is 1. The Morgan fingerprint density at radius 1 is 1.09 bits per heavy atom. The second-order valence-corrected chi connectivity index (χ2v) is 9.45. The van der Waals surface area contributed by atoms with Crippen molar-refractivity contribution in [2.24, 2.45) is 7.05 Å². The maximum atomic E-state index is 12.7. The van der Waals surface area contributed by atoms with Gasteiger partial charge < -0.3 is 10.2 Å². The average molecular weight is 460 g/mol. The topological polar surface area (TPSA) is 80.1 Å². The molecular weight excluding hydrogens is 434 g/mol. The molecule has 7 nitrogen and oxygen atoms in total. The predicted molar refractivity (Wildman–Crippen MR) is 127 cm³/mol. The van der Waals surface area contributed by atoms with E-state index < -0.39 is 0 Å². The van der Waals surface area contributed by atoms with Crippen molar-refractivity contribution in [1.29, 1.82) is 0 Å². The first kappa shape index (κ1) is 21.4. The first-order chi connectivity index (χ1) is 16.1. The van der Waals surface area contributed by atoms with Crippen LogP contribution in [0.1, 0.15) is 64.3 Å². The lowest BCUT2D eigenvalue weighted by atomic mass is 9.97. The molecule has 1 aromatic carbocycles. The molecule has 1 aliphatic carbocycles. The zero-order valence-electron chi connectivity index (χ0n) is 18.5. The number of piperidine rings is 1. The van der Waals surface area contributed by atoms with E-state index in [1.807, 2.05) is 48.8 Å². The van der Waals surface area contributed by atoms with Gasteiger partial charge in [0.25, 0.3) is 11.8 Å². The highest BCUT2D eigenvalue weighted by atomic mass is 32.1. The summed E-state index contributed by atoms with van der Waals surface area (Å²) in [4.78, 5) is 31.6. The second kappa shape index (κ2) is 9.20. The number of carbonyl (C=O) groups excluding carboxylic acids is 2. The van der Waals surface area contributed by atoms with Crippen molar-refractivity contribution in [1.82, 2.24) is 19.7 Å². The van der Waals surface area contributed by atoms with E-state index in [-0.39, 0.29) is 17.7 Å². The normalized spacial score (nSPS) is 16.2. The number of aryl methyl sites for hydroxylation is 1. The summed E-state index contributed by atoms with van der Waals surface area (Å²) in [7, 11) is 1.84. The molecule has 0 bridgehead atoms. The van der Waals surface area contributed by atoms with E-state index in [0.29, 0.717) is 30.5 Å². The number of rotatable bonds is 4. The zero-order valence-corrected chi connectivity index (χ0v) is 19.3. The molecule has 168 valence electrons. The van der Waals surface area contributed by atoms with Gasteiger partial charge in [-0.3, -0.25) is 14.3 Å². The largest absolute Gasteiger partial charge is 0.332 e. The van der Waals surface area contributed by atoms with Gasteiger partial charge in [-0.25, -0.2) is 4.98 Å². The lowest BCUT2D eigenvalue weighted by molar-refractivity contribution is -0.126. The molecule has 1 saturated carbocycles. The Kier molecular flexibility index (Phi) is 5.97. The van der Waals surface area contributed by atoms with Crippen LogP contribution in [-0.2, 0) is 11.8 Å². The molecule has 1 aliphatic heterocycles. The van der Waals surface area contributed by atoms with Gasteiger partial charge in [-0.15, -0.1) is 11.3 Å². The molecule has 3 heterocycles. The van der Waals surface area contributed by atoms with Crippen LogP contribution < -0.4 is 5.32 Å².